The molecule has 0 fully saturated rings. The van der Waals surface area contributed by atoms with E-state index in [0.29, 0.717) is 6.61 Å². The Balaban J connectivity index is 1.94. The van der Waals surface area contributed by atoms with E-state index in [-0.39, 0.29) is 0 Å². The standard InChI is InChI=1S/C21H21NO/c1-4-7-20-10-5-8-18(3)21(20)16-23-22-15-6-9-19-13-11-17(2)12-14-19/h4-5,7-8,10-15H,16H2,1-3H3/b7-4+,22-15+. The highest BCUT2D eigenvalue weighted by Crippen LogP contribution is 2.17. The molecule has 0 saturated carbocycles. The molecular formula is C21H21NO. The van der Waals surface area contributed by atoms with Crippen LogP contribution in [0.1, 0.15) is 34.7 Å². The Bertz CT molecular complexity index is 759. The third-order valence-corrected chi connectivity index (χ3v) is 3.46. The highest BCUT2D eigenvalue weighted by atomic mass is 16.6. The zero-order chi connectivity index (χ0) is 16.5. The number of oxime groups is 1. The van der Waals surface area contributed by atoms with E-state index in [1.807, 2.05) is 43.3 Å². The van der Waals surface area contributed by atoms with Gasteiger partial charge in [-0.05, 0) is 50.0 Å². The summed E-state index contributed by atoms with van der Waals surface area (Å²) in [5.41, 5.74) is 5.70. The Labute approximate surface area is 138 Å². The van der Waals surface area contributed by atoms with Crippen LogP contribution >= 0.6 is 0 Å². The van der Waals surface area contributed by atoms with Crippen molar-refractivity contribution in [2.45, 2.75) is 27.4 Å². The van der Waals surface area contributed by atoms with Crippen LogP contribution in [0, 0.1) is 25.7 Å². The zero-order valence-electron chi connectivity index (χ0n) is 13.8. The van der Waals surface area contributed by atoms with E-state index in [2.05, 4.69) is 49.1 Å². The Morgan fingerprint density at radius 2 is 1.87 bits per heavy atom. The number of aryl methyl sites for hydroxylation is 2. The lowest BCUT2D eigenvalue weighted by Gasteiger charge is -2.08. The monoisotopic (exact) mass is 303 g/mol. The molecule has 2 rings (SSSR count). The maximum atomic E-state index is 5.38. The highest BCUT2D eigenvalue weighted by molar-refractivity contribution is 5.78. The Kier molecular flexibility index (Phi) is 6.20. The van der Waals surface area contributed by atoms with Crippen LogP contribution in [0.25, 0.3) is 6.08 Å². The van der Waals surface area contributed by atoms with Gasteiger partial charge in [0, 0.05) is 11.1 Å². The van der Waals surface area contributed by atoms with Gasteiger partial charge in [-0.2, -0.15) is 0 Å². The largest absolute Gasteiger partial charge is 0.390 e. The SMILES string of the molecule is C/C=C/c1cccc(C)c1CO/N=C/C#Cc1ccc(C)cc1. The van der Waals surface area contributed by atoms with Gasteiger partial charge in [0.05, 0.1) is 0 Å². The van der Waals surface area contributed by atoms with Crippen LogP contribution in [-0.2, 0) is 11.4 Å². The summed E-state index contributed by atoms with van der Waals surface area (Å²) in [5, 5.41) is 3.92. The number of rotatable bonds is 4. The molecule has 2 aromatic carbocycles. The molecular weight excluding hydrogens is 282 g/mol. The van der Waals surface area contributed by atoms with Crippen LogP contribution in [0.2, 0.25) is 0 Å². The minimum Gasteiger partial charge on any atom is -0.390 e. The van der Waals surface area contributed by atoms with E-state index in [0.717, 1.165) is 16.7 Å². The second-order valence-electron chi connectivity index (χ2n) is 5.29. The molecule has 23 heavy (non-hydrogen) atoms. The van der Waals surface area contributed by atoms with Gasteiger partial charge in [0.2, 0.25) is 0 Å². The summed E-state index contributed by atoms with van der Waals surface area (Å²) in [5.74, 6) is 5.90. The summed E-state index contributed by atoms with van der Waals surface area (Å²) in [6.45, 7) is 6.58. The topological polar surface area (TPSA) is 21.6 Å². The normalized spacial score (nSPS) is 10.7. The van der Waals surface area contributed by atoms with Crippen LogP contribution in [0.15, 0.2) is 53.7 Å². The number of benzene rings is 2. The number of hydrogen-bond donors (Lipinski definition) is 0. The molecule has 2 nitrogen and oxygen atoms in total. The molecule has 2 heteroatoms. The lowest BCUT2D eigenvalue weighted by Crippen LogP contribution is -1.95. The number of nitrogens with zero attached hydrogens (tertiary/aromatic N) is 1. The van der Waals surface area contributed by atoms with Crippen LogP contribution in [0.4, 0.5) is 0 Å². The molecule has 0 unspecified atom stereocenters. The van der Waals surface area contributed by atoms with E-state index in [1.54, 1.807) is 0 Å². The molecule has 0 aliphatic heterocycles. The molecule has 0 N–H and O–H groups in total. The first kappa shape index (κ1) is 16.6. The second-order valence-corrected chi connectivity index (χ2v) is 5.29. The number of hydrogen-bond acceptors (Lipinski definition) is 2. The van der Waals surface area contributed by atoms with Crippen molar-refractivity contribution in [2.24, 2.45) is 5.16 Å². The number of allylic oxidation sites excluding steroid dienone is 1. The van der Waals surface area contributed by atoms with E-state index in [4.69, 9.17) is 4.84 Å². The third kappa shape index (κ3) is 5.16. The van der Waals surface area contributed by atoms with Crippen LogP contribution in [0.5, 0.6) is 0 Å². The summed E-state index contributed by atoms with van der Waals surface area (Å²) in [7, 11) is 0. The first-order valence-corrected chi connectivity index (χ1v) is 7.64. The van der Waals surface area contributed by atoms with E-state index >= 15 is 0 Å². The predicted octanol–water partition coefficient (Wildman–Crippen LogP) is 4.89. The predicted molar refractivity (Wildman–Crippen MR) is 97.2 cm³/mol. The van der Waals surface area contributed by atoms with Crippen LogP contribution in [0.3, 0.4) is 0 Å². The van der Waals surface area contributed by atoms with Crippen molar-refractivity contribution >= 4 is 12.3 Å². The summed E-state index contributed by atoms with van der Waals surface area (Å²) in [6.07, 6.45) is 5.59. The van der Waals surface area contributed by atoms with Crippen molar-refractivity contribution in [3.8, 4) is 11.8 Å². The van der Waals surface area contributed by atoms with Gasteiger partial charge in [0.15, 0.2) is 0 Å². The first-order valence-electron chi connectivity index (χ1n) is 7.64. The maximum absolute atomic E-state index is 5.38. The molecule has 116 valence electrons. The van der Waals surface area contributed by atoms with Crippen molar-refractivity contribution in [2.75, 3.05) is 0 Å². The Morgan fingerprint density at radius 1 is 1.09 bits per heavy atom. The average Bonchev–Trinajstić information content (AvgIpc) is 2.55. The lowest BCUT2D eigenvalue weighted by atomic mass is 10.0. The quantitative estimate of drug-likeness (QED) is 0.447. The zero-order valence-corrected chi connectivity index (χ0v) is 13.8. The van der Waals surface area contributed by atoms with Crippen LogP contribution < -0.4 is 0 Å². The molecule has 0 aliphatic rings. The molecule has 0 aromatic heterocycles. The summed E-state index contributed by atoms with van der Waals surface area (Å²) >= 11 is 0. The maximum Gasteiger partial charge on any atom is 0.143 e. The minimum atomic E-state index is 0.440. The van der Waals surface area contributed by atoms with Gasteiger partial charge >= 0.3 is 0 Å². The summed E-state index contributed by atoms with van der Waals surface area (Å²) < 4.78 is 0. The average molecular weight is 303 g/mol. The third-order valence-electron chi connectivity index (χ3n) is 3.46. The highest BCUT2D eigenvalue weighted by Gasteiger charge is 2.03. The summed E-state index contributed by atoms with van der Waals surface area (Å²) in [6, 6.07) is 14.3. The fourth-order valence-electron chi connectivity index (χ4n) is 2.18. The van der Waals surface area contributed by atoms with E-state index in [1.165, 1.54) is 17.3 Å². The molecule has 0 atom stereocenters. The molecule has 0 heterocycles. The van der Waals surface area contributed by atoms with E-state index < -0.39 is 0 Å². The van der Waals surface area contributed by atoms with Gasteiger partial charge < -0.3 is 4.84 Å². The van der Waals surface area contributed by atoms with Gasteiger partial charge in [-0.15, -0.1) is 0 Å². The van der Waals surface area contributed by atoms with Crippen LogP contribution in [-0.4, -0.2) is 6.21 Å². The minimum absolute atomic E-state index is 0.440. The molecule has 0 aliphatic carbocycles. The lowest BCUT2D eigenvalue weighted by molar-refractivity contribution is 0.132. The molecule has 0 spiro atoms. The second kappa shape index (κ2) is 8.60. The molecule has 0 bridgehead atoms. The van der Waals surface area contributed by atoms with Crippen molar-refractivity contribution in [1.29, 1.82) is 0 Å². The molecule has 0 amide bonds. The van der Waals surface area contributed by atoms with E-state index in [9.17, 15) is 0 Å². The van der Waals surface area contributed by atoms with Gasteiger partial charge in [-0.25, -0.2) is 0 Å². The molecule has 0 saturated heterocycles. The first-order chi connectivity index (χ1) is 11.2. The summed E-state index contributed by atoms with van der Waals surface area (Å²) in [4.78, 5) is 5.38. The fraction of sp³-hybridized carbons (Fsp3) is 0.190. The molecule has 0 radical (unpaired) electrons. The van der Waals surface area contributed by atoms with Crippen molar-refractivity contribution in [3.05, 3.63) is 76.4 Å². The fourth-order valence-corrected chi connectivity index (χ4v) is 2.18. The Hall–Kier alpha value is -2.79. The van der Waals surface area contributed by atoms with Gasteiger partial charge in [-0.3, -0.25) is 0 Å². The van der Waals surface area contributed by atoms with Gasteiger partial charge in [0.25, 0.3) is 0 Å². The van der Waals surface area contributed by atoms with Crippen molar-refractivity contribution in [1.82, 2.24) is 0 Å². The van der Waals surface area contributed by atoms with Crippen molar-refractivity contribution in [3.63, 3.8) is 0 Å². The van der Waals surface area contributed by atoms with Gasteiger partial charge in [-0.1, -0.05) is 59.1 Å². The molecule has 2 aromatic rings. The van der Waals surface area contributed by atoms with Crippen molar-refractivity contribution < 1.29 is 4.84 Å². The van der Waals surface area contributed by atoms with Gasteiger partial charge in [0.1, 0.15) is 12.8 Å². The Morgan fingerprint density at radius 3 is 2.61 bits per heavy atom. The smallest absolute Gasteiger partial charge is 0.143 e.